The van der Waals surface area contributed by atoms with Crippen LogP contribution in [0.5, 0.6) is 0 Å². The van der Waals surface area contributed by atoms with Gasteiger partial charge in [0.1, 0.15) is 11.3 Å². The number of fused-ring (bicyclic) bond motifs is 1. The summed E-state index contributed by atoms with van der Waals surface area (Å²) in [5.74, 6) is 1.95. The maximum atomic E-state index is 5.49. The summed E-state index contributed by atoms with van der Waals surface area (Å²) in [6.07, 6.45) is 6.09. The van der Waals surface area contributed by atoms with E-state index >= 15 is 0 Å². The summed E-state index contributed by atoms with van der Waals surface area (Å²) in [6.45, 7) is 12.4. The molecule has 34 heavy (non-hydrogen) atoms. The van der Waals surface area contributed by atoms with E-state index in [9.17, 15) is 0 Å². The quantitative estimate of drug-likeness (QED) is 0.539. The second-order valence-electron chi connectivity index (χ2n) is 10.2. The van der Waals surface area contributed by atoms with Crippen LogP contribution in [0.2, 0.25) is 0 Å². The van der Waals surface area contributed by atoms with E-state index in [-0.39, 0.29) is 0 Å². The molecule has 2 aromatic heterocycles. The molecule has 3 heterocycles. The van der Waals surface area contributed by atoms with Crippen molar-refractivity contribution in [2.24, 2.45) is 5.92 Å². The number of rotatable bonds is 7. The molecule has 2 fully saturated rings. The van der Waals surface area contributed by atoms with Gasteiger partial charge in [0.25, 0.3) is 0 Å². The van der Waals surface area contributed by atoms with E-state index in [0.29, 0.717) is 6.04 Å². The number of nitrogens with zero attached hydrogens (tertiary/aromatic N) is 4. The summed E-state index contributed by atoms with van der Waals surface area (Å²) in [5.41, 5.74) is 6.81. The van der Waals surface area contributed by atoms with Gasteiger partial charge in [-0.2, -0.15) is 0 Å². The van der Waals surface area contributed by atoms with Crippen molar-refractivity contribution in [3.63, 3.8) is 0 Å². The largest absolute Gasteiger partial charge is 0.382 e. The fraction of sp³-hybridized carbons (Fsp3) is 0.571. The van der Waals surface area contributed by atoms with Gasteiger partial charge in [-0.1, -0.05) is 19.1 Å². The number of anilines is 1. The molecule has 0 unspecified atom stereocenters. The van der Waals surface area contributed by atoms with E-state index in [1.54, 1.807) is 0 Å². The van der Waals surface area contributed by atoms with Gasteiger partial charge >= 0.3 is 0 Å². The number of nitrogens with one attached hydrogen (secondary N) is 1. The molecule has 5 rings (SSSR count). The maximum absolute atomic E-state index is 5.49. The molecule has 1 aliphatic carbocycles. The Bertz CT molecular complexity index is 1090. The number of aryl methyl sites for hydroxylation is 3. The normalized spacial score (nSPS) is 21.7. The first-order valence-corrected chi connectivity index (χ1v) is 13.1. The van der Waals surface area contributed by atoms with Crippen molar-refractivity contribution in [2.45, 2.75) is 65.5 Å². The monoisotopic (exact) mass is 461 g/mol. The molecular formula is C28H39N5O. The number of hydrogen-bond donors (Lipinski definition) is 1. The second-order valence-corrected chi connectivity index (χ2v) is 10.2. The molecule has 6 heteroatoms. The third kappa shape index (κ3) is 5.28. The molecule has 1 saturated heterocycles. The van der Waals surface area contributed by atoms with E-state index in [4.69, 9.17) is 14.7 Å². The van der Waals surface area contributed by atoms with Crippen LogP contribution >= 0.6 is 0 Å². The molecule has 1 saturated carbocycles. The lowest BCUT2D eigenvalue weighted by atomic mass is 9.85. The number of morpholine rings is 1. The van der Waals surface area contributed by atoms with Crippen molar-refractivity contribution in [1.29, 1.82) is 0 Å². The SMILES string of the molecule is CCc1nc2c(C)cc(C)nc2n1Cc1ccc(NC2CCC(CN3CCOCC3)CC2)cc1. The van der Waals surface area contributed by atoms with Crippen LogP contribution < -0.4 is 5.32 Å². The number of imidazole rings is 1. The lowest BCUT2D eigenvalue weighted by Crippen LogP contribution is -2.40. The van der Waals surface area contributed by atoms with Gasteiger partial charge in [-0.05, 0) is 74.8 Å². The van der Waals surface area contributed by atoms with Gasteiger partial charge in [0, 0.05) is 43.5 Å². The highest BCUT2D eigenvalue weighted by atomic mass is 16.5. The summed E-state index contributed by atoms with van der Waals surface area (Å²) in [6, 6.07) is 11.7. The van der Waals surface area contributed by atoms with Crippen molar-refractivity contribution < 1.29 is 4.74 Å². The van der Waals surface area contributed by atoms with Crippen LogP contribution in [0, 0.1) is 19.8 Å². The van der Waals surface area contributed by atoms with E-state index in [1.807, 2.05) is 0 Å². The smallest absolute Gasteiger partial charge is 0.160 e. The number of ether oxygens (including phenoxy) is 1. The average molecular weight is 462 g/mol. The molecule has 0 spiro atoms. The molecule has 0 bridgehead atoms. The Hall–Kier alpha value is -2.44. The van der Waals surface area contributed by atoms with Crippen molar-refractivity contribution in [3.05, 3.63) is 53.0 Å². The molecule has 0 radical (unpaired) electrons. The van der Waals surface area contributed by atoms with Gasteiger partial charge in [-0.25, -0.2) is 9.97 Å². The zero-order valence-electron chi connectivity index (χ0n) is 21.0. The standard InChI is InChI=1S/C28H39N5O/c1-4-26-31-27-20(2)17-21(3)29-28(27)33(26)19-23-7-11-25(12-8-23)30-24-9-5-22(6-10-24)18-32-13-15-34-16-14-32/h7-8,11-12,17,22,24,30H,4-6,9-10,13-16,18-19H2,1-3H3. The van der Waals surface area contributed by atoms with Crippen molar-refractivity contribution in [2.75, 3.05) is 38.2 Å². The average Bonchev–Trinajstić information content (AvgIpc) is 3.20. The third-order valence-electron chi connectivity index (χ3n) is 7.55. The van der Waals surface area contributed by atoms with Crippen LogP contribution in [0.15, 0.2) is 30.3 Å². The van der Waals surface area contributed by atoms with Crippen LogP contribution in [-0.2, 0) is 17.7 Å². The molecule has 3 aromatic rings. The van der Waals surface area contributed by atoms with Crippen molar-refractivity contribution in [1.82, 2.24) is 19.4 Å². The molecule has 0 amide bonds. The minimum atomic E-state index is 0.589. The lowest BCUT2D eigenvalue weighted by Gasteiger charge is -2.34. The Balaban J connectivity index is 1.18. The van der Waals surface area contributed by atoms with Gasteiger partial charge < -0.3 is 14.6 Å². The number of hydrogen-bond acceptors (Lipinski definition) is 5. The highest BCUT2D eigenvalue weighted by Crippen LogP contribution is 2.28. The van der Waals surface area contributed by atoms with Gasteiger partial charge in [0.15, 0.2) is 5.65 Å². The molecule has 6 nitrogen and oxygen atoms in total. The fourth-order valence-electron chi connectivity index (χ4n) is 5.65. The highest BCUT2D eigenvalue weighted by molar-refractivity contribution is 5.76. The van der Waals surface area contributed by atoms with Crippen LogP contribution in [0.4, 0.5) is 5.69 Å². The van der Waals surface area contributed by atoms with E-state index in [0.717, 1.165) is 67.9 Å². The molecular weight excluding hydrogens is 422 g/mol. The zero-order valence-corrected chi connectivity index (χ0v) is 21.0. The Morgan fingerprint density at radius 2 is 1.74 bits per heavy atom. The first-order valence-electron chi connectivity index (χ1n) is 13.1. The minimum Gasteiger partial charge on any atom is -0.382 e. The minimum absolute atomic E-state index is 0.589. The predicted octanol–water partition coefficient (Wildman–Crippen LogP) is 4.96. The van der Waals surface area contributed by atoms with Crippen LogP contribution in [0.1, 0.15) is 55.3 Å². The van der Waals surface area contributed by atoms with Gasteiger partial charge in [0.05, 0.1) is 19.8 Å². The Labute approximate surface area is 203 Å². The Morgan fingerprint density at radius 3 is 2.44 bits per heavy atom. The van der Waals surface area contributed by atoms with Gasteiger partial charge in [0.2, 0.25) is 0 Å². The fourth-order valence-corrected chi connectivity index (χ4v) is 5.65. The number of pyridine rings is 1. The number of benzene rings is 1. The molecule has 2 aliphatic rings. The first kappa shape index (κ1) is 23.3. The molecule has 182 valence electrons. The highest BCUT2D eigenvalue weighted by Gasteiger charge is 2.23. The van der Waals surface area contributed by atoms with E-state index in [1.165, 1.54) is 49.0 Å². The van der Waals surface area contributed by atoms with Crippen LogP contribution in [0.3, 0.4) is 0 Å². The van der Waals surface area contributed by atoms with E-state index < -0.39 is 0 Å². The predicted molar refractivity (Wildman–Crippen MR) is 139 cm³/mol. The molecule has 1 aliphatic heterocycles. The van der Waals surface area contributed by atoms with Crippen molar-refractivity contribution in [3.8, 4) is 0 Å². The summed E-state index contributed by atoms with van der Waals surface area (Å²) in [5, 5.41) is 3.79. The summed E-state index contributed by atoms with van der Waals surface area (Å²) < 4.78 is 7.78. The molecule has 0 atom stereocenters. The van der Waals surface area contributed by atoms with E-state index in [2.05, 4.69) is 65.9 Å². The Morgan fingerprint density at radius 1 is 1.00 bits per heavy atom. The summed E-state index contributed by atoms with van der Waals surface area (Å²) >= 11 is 0. The maximum Gasteiger partial charge on any atom is 0.160 e. The second kappa shape index (κ2) is 10.4. The van der Waals surface area contributed by atoms with Gasteiger partial charge in [-0.15, -0.1) is 0 Å². The van der Waals surface area contributed by atoms with Crippen LogP contribution in [-0.4, -0.2) is 58.3 Å². The topological polar surface area (TPSA) is 55.2 Å². The lowest BCUT2D eigenvalue weighted by molar-refractivity contribution is 0.0276. The van der Waals surface area contributed by atoms with Crippen molar-refractivity contribution >= 4 is 16.9 Å². The number of aromatic nitrogens is 3. The zero-order chi connectivity index (χ0) is 23.5. The Kier molecular flexibility index (Phi) is 7.16. The van der Waals surface area contributed by atoms with Crippen LogP contribution in [0.25, 0.3) is 11.2 Å². The first-order chi connectivity index (χ1) is 16.6. The van der Waals surface area contributed by atoms with Gasteiger partial charge in [-0.3, -0.25) is 4.90 Å². The third-order valence-corrected chi connectivity index (χ3v) is 7.55. The molecule has 1 aromatic carbocycles. The summed E-state index contributed by atoms with van der Waals surface area (Å²) in [7, 11) is 0. The molecule has 1 N–H and O–H groups in total. The summed E-state index contributed by atoms with van der Waals surface area (Å²) in [4.78, 5) is 12.3.